The molecule has 9 nitrogen and oxygen atoms in total. The fourth-order valence-corrected chi connectivity index (χ4v) is 6.15. The Bertz CT molecular complexity index is 1380. The van der Waals surface area contributed by atoms with Gasteiger partial charge in [-0.1, -0.05) is 12.1 Å². The number of nitrogens with one attached hydrogen (secondary N) is 3. The van der Waals surface area contributed by atoms with E-state index in [0.717, 1.165) is 40.8 Å². The Hall–Kier alpha value is -3.23. The number of aromatic nitrogens is 3. The highest BCUT2D eigenvalue weighted by Gasteiger charge is 2.22. The van der Waals surface area contributed by atoms with Gasteiger partial charge >= 0.3 is 0 Å². The maximum atomic E-state index is 5.57. The van der Waals surface area contributed by atoms with Crippen LogP contribution in [-0.4, -0.2) is 67.3 Å². The molecule has 10 heteroatoms. The molecule has 0 radical (unpaired) electrons. The zero-order valence-corrected chi connectivity index (χ0v) is 23.5. The highest BCUT2D eigenvalue weighted by molar-refractivity contribution is 7.56. The number of hydrogen-bond acceptors (Lipinski definition) is 8. The van der Waals surface area contributed by atoms with Gasteiger partial charge in [-0.3, -0.25) is 0 Å². The van der Waals surface area contributed by atoms with Crippen LogP contribution < -0.4 is 20.8 Å². The Labute approximate surface area is 225 Å². The van der Waals surface area contributed by atoms with Gasteiger partial charge in [0.15, 0.2) is 0 Å². The number of para-hydroxylation sites is 1. The molecule has 1 saturated heterocycles. The fraction of sp³-hybridized carbons (Fsp3) is 0.357. The van der Waals surface area contributed by atoms with Gasteiger partial charge in [0.2, 0.25) is 14.3 Å². The Kier molecular flexibility index (Phi) is 8.09. The summed E-state index contributed by atoms with van der Waals surface area (Å²) < 4.78 is 11.1. The zero-order chi connectivity index (χ0) is 26.6. The van der Waals surface area contributed by atoms with E-state index in [1.807, 2.05) is 36.5 Å². The number of hydrogen-bond donors (Lipinski definition) is 3. The third-order valence-corrected chi connectivity index (χ3v) is 8.54. The maximum absolute atomic E-state index is 5.57. The summed E-state index contributed by atoms with van der Waals surface area (Å²) in [6, 6.07) is 17.1. The number of aryl methyl sites for hydroxylation is 1. The SMILES string of the molecule is COP(OC)c1ccccc1Nc1nc(Nc2ccc(N3CCC(N(C)C)CC3)c(C)c2)nc2[nH]ccc12. The lowest BCUT2D eigenvalue weighted by atomic mass is 10.0. The highest BCUT2D eigenvalue weighted by Crippen LogP contribution is 2.38. The summed E-state index contributed by atoms with van der Waals surface area (Å²) in [5, 5.41) is 8.75. The minimum absolute atomic E-state index is 0.514. The average molecular weight is 534 g/mol. The molecule has 2 aromatic carbocycles. The number of aromatic amines is 1. The summed E-state index contributed by atoms with van der Waals surface area (Å²) >= 11 is 0. The molecule has 0 spiro atoms. The minimum Gasteiger partial charge on any atom is -0.371 e. The summed E-state index contributed by atoms with van der Waals surface area (Å²) in [6.07, 6.45) is 4.24. The van der Waals surface area contributed by atoms with Crippen LogP contribution in [0.3, 0.4) is 0 Å². The second kappa shape index (κ2) is 11.7. The molecule has 1 aliphatic rings. The topological polar surface area (TPSA) is 90.6 Å². The quantitative estimate of drug-likeness (QED) is 0.243. The van der Waals surface area contributed by atoms with Crippen molar-refractivity contribution in [2.45, 2.75) is 25.8 Å². The number of nitrogens with zero attached hydrogens (tertiary/aromatic N) is 4. The standard InChI is InChI=1S/C28H36N7O2P/c1-19-18-20(10-11-24(19)35-16-13-21(14-17-35)34(2)3)30-28-32-26-22(12-15-29-26)27(33-28)31-23-8-6-7-9-25(23)38(36-4)37-5/h6-12,15,18,21H,13-14,16-17H2,1-5H3,(H3,29,30,31,32,33). The van der Waals surface area contributed by atoms with Gasteiger partial charge in [0, 0.05) is 50.9 Å². The normalized spacial score (nSPS) is 14.6. The molecule has 1 aliphatic heterocycles. The second-order valence-electron chi connectivity index (χ2n) is 9.71. The summed E-state index contributed by atoms with van der Waals surface area (Å²) in [5.74, 6) is 1.21. The summed E-state index contributed by atoms with van der Waals surface area (Å²) in [5.41, 5.74) is 5.11. The van der Waals surface area contributed by atoms with Crippen LogP contribution in [0.1, 0.15) is 18.4 Å². The van der Waals surface area contributed by atoms with Crippen molar-refractivity contribution in [3.05, 3.63) is 60.3 Å². The monoisotopic (exact) mass is 533 g/mol. The number of piperidine rings is 1. The predicted octanol–water partition coefficient (Wildman–Crippen LogP) is 5.51. The molecule has 2 aromatic heterocycles. The number of fused-ring (bicyclic) bond motifs is 1. The molecule has 4 aromatic rings. The van der Waals surface area contributed by atoms with E-state index in [-0.39, 0.29) is 0 Å². The smallest absolute Gasteiger partial charge is 0.231 e. The molecule has 0 bridgehead atoms. The van der Waals surface area contributed by atoms with Crippen molar-refractivity contribution in [1.29, 1.82) is 0 Å². The average Bonchev–Trinajstić information content (AvgIpc) is 3.40. The van der Waals surface area contributed by atoms with E-state index < -0.39 is 8.38 Å². The Morgan fingerprint density at radius 1 is 1.00 bits per heavy atom. The van der Waals surface area contributed by atoms with E-state index in [1.54, 1.807) is 14.2 Å². The van der Waals surface area contributed by atoms with E-state index in [0.29, 0.717) is 17.8 Å². The molecular weight excluding hydrogens is 497 g/mol. The van der Waals surface area contributed by atoms with Crippen LogP contribution >= 0.6 is 8.38 Å². The maximum Gasteiger partial charge on any atom is 0.231 e. The molecule has 0 amide bonds. The van der Waals surface area contributed by atoms with Crippen LogP contribution in [0.4, 0.5) is 28.8 Å². The predicted molar refractivity (Wildman–Crippen MR) is 158 cm³/mol. The number of rotatable bonds is 9. The van der Waals surface area contributed by atoms with E-state index in [2.05, 4.69) is 64.6 Å². The summed E-state index contributed by atoms with van der Waals surface area (Å²) in [6.45, 7) is 4.32. The van der Waals surface area contributed by atoms with Crippen LogP contribution in [0, 0.1) is 6.92 Å². The first-order valence-corrected chi connectivity index (χ1v) is 14.0. The summed E-state index contributed by atoms with van der Waals surface area (Å²) in [4.78, 5) is 17.6. The Balaban J connectivity index is 1.38. The third kappa shape index (κ3) is 5.61. The van der Waals surface area contributed by atoms with Gasteiger partial charge in [-0.15, -0.1) is 0 Å². The van der Waals surface area contributed by atoms with E-state index >= 15 is 0 Å². The lowest BCUT2D eigenvalue weighted by molar-refractivity contribution is 0.249. The van der Waals surface area contributed by atoms with Gasteiger partial charge in [0.05, 0.1) is 16.4 Å². The van der Waals surface area contributed by atoms with E-state index in [4.69, 9.17) is 19.0 Å². The van der Waals surface area contributed by atoms with Gasteiger partial charge in [-0.05, 0) is 75.8 Å². The van der Waals surface area contributed by atoms with Gasteiger partial charge in [-0.2, -0.15) is 9.97 Å². The molecule has 3 N–H and O–H groups in total. The van der Waals surface area contributed by atoms with Gasteiger partial charge in [0.1, 0.15) is 11.5 Å². The molecular formula is C28H36N7O2P. The first-order valence-electron chi connectivity index (χ1n) is 12.9. The van der Waals surface area contributed by atoms with Crippen molar-refractivity contribution in [2.24, 2.45) is 0 Å². The molecule has 0 aliphatic carbocycles. The van der Waals surface area contributed by atoms with Crippen molar-refractivity contribution in [3.63, 3.8) is 0 Å². The minimum atomic E-state index is -1.20. The van der Waals surface area contributed by atoms with Crippen LogP contribution in [-0.2, 0) is 9.05 Å². The molecule has 200 valence electrons. The van der Waals surface area contributed by atoms with Crippen molar-refractivity contribution in [1.82, 2.24) is 19.9 Å². The van der Waals surface area contributed by atoms with E-state index in [9.17, 15) is 0 Å². The molecule has 1 fully saturated rings. The van der Waals surface area contributed by atoms with Crippen LogP contribution in [0.25, 0.3) is 11.0 Å². The molecule has 0 unspecified atom stereocenters. The molecule has 38 heavy (non-hydrogen) atoms. The molecule has 0 saturated carbocycles. The Morgan fingerprint density at radius 2 is 1.76 bits per heavy atom. The van der Waals surface area contributed by atoms with Gasteiger partial charge in [0.25, 0.3) is 0 Å². The van der Waals surface area contributed by atoms with Crippen molar-refractivity contribution in [2.75, 3.05) is 56.9 Å². The molecule has 0 atom stereocenters. The fourth-order valence-electron chi connectivity index (χ4n) is 5.07. The van der Waals surface area contributed by atoms with Crippen LogP contribution in [0.2, 0.25) is 0 Å². The first kappa shape index (κ1) is 26.4. The van der Waals surface area contributed by atoms with Crippen molar-refractivity contribution < 1.29 is 9.05 Å². The second-order valence-corrected chi connectivity index (χ2v) is 11.4. The van der Waals surface area contributed by atoms with Gasteiger partial charge < -0.3 is 34.5 Å². The number of benzene rings is 2. The first-order chi connectivity index (χ1) is 18.5. The lowest BCUT2D eigenvalue weighted by Crippen LogP contribution is -2.42. The molecule has 3 heterocycles. The highest BCUT2D eigenvalue weighted by atomic mass is 31.2. The third-order valence-electron chi connectivity index (χ3n) is 7.09. The van der Waals surface area contributed by atoms with Crippen LogP contribution in [0.5, 0.6) is 0 Å². The Morgan fingerprint density at radius 3 is 2.47 bits per heavy atom. The van der Waals surface area contributed by atoms with Crippen molar-refractivity contribution in [3.8, 4) is 0 Å². The largest absolute Gasteiger partial charge is 0.371 e. The van der Waals surface area contributed by atoms with Crippen LogP contribution in [0.15, 0.2) is 54.7 Å². The van der Waals surface area contributed by atoms with E-state index in [1.165, 1.54) is 24.1 Å². The van der Waals surface area contributed by atoms with Gasteiger partial charge in [-0.25, -0.2) is 0 Å². The number of anilines is 5. The lowest BCUT2D eigenvalue weighted by Gasteiger charge is -2.37. The number of H-pyrrole nitrogens is 1. The summed E-state index contributed by atoms with van der Waals surface area (Å²) in [7, 11) is 6.46. The zero-order valence-electron chi connectivity index (χ0n) is 22.7. The van der Waals surface area contributed by atoms with Crippen molar-refractivity contribution >= 4 is 53.5 Å². The molecule has 5 rings (SSSR count).